The molecule has 0 atom stereocenters. The minimum absolute atomic E-state index is 0.0442. The van der Waals surface area contributed by atoms with Crippen LogP contribution >= 0.6 is 0 Å². The minimum atomic E-state index is -4.51. The maximum absolute atomic E-state index is 12.8. The number of hydrogen-bond donors (Lipinski definition) is 0. The minimum Gasteiger partial charge on any atom is -0.496 e. The molecule has 0 N–H and O–H groups in total. The van der Waals surface area contributed by atoms with E-state index in [1.165, 1.54) is 20.4 Å². The normalized spacial score (nSPS) is 11.6. The summed E-state index contributed by atoms with van der Waals surface area (Å²) in [5.74, 6) is 1.00. The number of aromatic nitrogens is 6. The molecule has 12 heteroatoms. The van der Waals surface area contributed by atoms with Gasteiger partial charge in [0.25, 0.3) is 0 Å². The number of ether oxygens (including phenoxy) is 2. The maximum atomic E-state index is 12.8. The molecular formula is C21H19F3N6O3. The van der Waals surface area contributed by atoms with E-state index in [1.807, 2.05) is 0 Å². The zero-order valence-electron chi connectivity index (χ0n) is 17.9. The summed E-state index contributed by atoms with van der Waals surface area (Å²) in [7, 11) is 2.99. The molecule has 0 saturated heterocycles. The Kier molecular flexibility index (Phi) is 5.66. The number of halogens is 3. The molecule has 0 aliphatic heterocycles. The first-order valence-electron chi connectivity index (χ1n) is 9.71. The van der Waals surface area contributed by atoms with E-state index in [1.54, 1.807) is 43.3 Å². The van der Waals surface area contributed by atoms with Gasteiger partial charge in [0.2, 0.25) is 0 Å². The van der Waals surface area contributed by atoms with Gasteiger partial charge >= 0.3 is 11.9 Å². The molecule has 33 heavy (non-hydrogen) atoms. The first-order valence-corrected chi connectivity index (χ1v) is 9.71. The van der Waals surface area contributed by atoms with E-state index in [0.29, 0.717) is 34.0 Å². The van der Waals surface area contributed by atoms with Crippen LogP contribution in [-0.4, -0.2) is 36.7 Å². The van der Waals surface area contributed by atoms with Gasteiger partial charge in [-0.15, -0.1) is 0 Å². The molecule has 0 saturated carbocycles. The van der Waals surface area contributed by atoms with Gasteiger partial charge in [-0.25, -0.2) is 9.48 Å². The fourth-order valence-corrected chi connectivity index (χ4v) is 3.26. The molecular weight excluding hydrogens is 441 g/mol. The second kappa shape index (κ2) is 8.45. The lowest BCUT2D eigenvalue weighted by molar-refractivity contribution is -0.141. The van der Waals surface area contributed by atoms with Gasteiger partial charge in [-0.2, -0.15) is 27.6 Å². The van der Waals surface area contributed by atoms with Crippen molar-refractivity contribution < 1.29 is 22.6 Å². The predicted octanol–water partition coefficient (Wildman–Crippen LogP) is 3.07. The van der Waals surface area contributed by atoms with Crippen molar-refractivity contribution >= 4 is 0 Å². The summed E-state index contributed by atoms with van der Waals surface area (Å²) >= 11 is 0. The molecule has 0 radical (unpaired) electrons. The highest BCUT2D eigenvalue weighted by atomic mass is 19.4. The van der Waals surface area contributed by atoms with Gasteiger partial charge in [0.05, 0.1) is 24.0 Å². The molecule has 2 aromatic heterocycles. The Labute approximate surface area is 185 Å². The van der Waals surface area contributed by atoms with Crippen LogP contribution in [0.4, 0.5) is 13.2 Å². The van der Waals surface area contributed by atoms with Gasteiger partial charge < -0.3 is 9.47 Å². The lowest BCUT2D eigenvalue weighted by Crippen LogP contribution is -2.23. The molecule has 9 nitrogen and oxygen atoms in total. The standard InChI is InChI=1S/C21H19F3N6O3/c1-13-11-14(29-10-9-19(25-29)21(22,23)24)7-8-17(13)33-12-15-16(5-4-6-18(15)32-3)30-20(31)28(2)26-27-30/h4-11H,12H2,1-3H3. The molecule has 0 fully saturated rings. The van der Waals surface area contributed by atoms with Gasteiger partial charge in [0.15, 0.2) is 5.69 Å². The molecule has 4 rings (SSSR count). The van der Waals surface area contributed by atoms with E-state index in [4.69, 9.17) is 9.47 Å². The molecule has 0 amide bonds. The van der Waals surface area contributed by atoms with Gasteiger partial charge in [-0.05, 0) is 59.3 Å². The number of benzene rings is 2. The van der Waals surface area contributed by atoms with Crippen LogP contribution in [0.2, 0.25) is 0 Å². The summed E-state index contributed by atoms with van der Waals surface area (Å²) in [5, 5.41) is 11.2. The van der Waals surface area contributed by atoms with Gasteiger partial charge in [-0.3, -0.25) is 0 Å². The van der Waals surface area contributed by atoms with Crippen molar-refractivity contribution in [3.8, 4) is 22.9 Å². The van der Waals surface area contributed by atoms with Crippen molar-refractivity contribution in [1.29, 1.82) is 0 Å². The molecule has 4 aromatic rings. The predicted molar refractivity (Wildman–Crippen MR) is 111 cm³/mol. The summed E-state index contributed by atoms with van der Waals surface area (Å²) in [6, 6.07) is 11.0. The third-order valence-corrected chi connectivity index (χ3v) is 4.95. The molecule has 2 heterocycles. The van der Waals surface area contributed by atoms with Crippen molar-refractivity contribution in [3.05, 3.63) is 76.0 Å². The van der Waals surface area contributed by atoms with Crippen LogP contribution in [0.25, 0.3) is 11.4 Å². The topological polar surface area (TPSA) is 89.0 Å². The SMILES string of the molecule is COc1cccc(-n2nnn(C)c2=O)c1COc1ccc(-n2ccc(C(F)(F)F)n2)cc1C. The van der Waals surface area contributed by atoms with Crippen molar-refractivity contribution in [3.63, 3.8) is 0 Å². The Morgan fingerprint density at radius 2 is 1.85 bits per heavy atom. The molecule has 172 valence electrons. The summed E-state index contributed by atoms with van der Waals surface area (Å²) < 4.78 is 53.3. The van der Waals surface area contributed by atoms with E-state index in [0.717, 1.165) is 20.1 Å². The lowest BCUT2D eigenvalue weighted by Gasteiger charge is -2.15. The summed E-state index contributed by atoms with van der Waals surface area (Å²) in [4.78, 5) is 12.3. The third-order valence-electron chi connectivity index (χ3n) is 4.95. The second-order valence-corrected chi connectivity index (χ2v) is 7.14. The highest BCUT2D eigenvalue weighted by Crippen LogP contribution is 2.30. The Morgan fingerprint density at radius 1 is 1.06 bits per heavy atom. The van der Waals surface area contributed by atoms with Crippen LogP contribution in [0.1, 0.15) is 16.8 Å². The Morgan fingerprint density at radius 3 is 2.45 bits per heavy atom. The summed E-state index contributed by atoms with van der Waals surface area (Å²) in [6.45, 7) is 1.81. The van der Waals surface area contributed by atoms with Crippen LogP contribution in [0.3, 0.4) is 0 Å². The third kappa shape index (κ3) is 4.31. The zero-order valence-corrected chi connectivity index (χ0v) is 17.9. The zero-order chi connectivity index (χ0) is 23.8. The van der Waals surface area contributed by atoms with Crippen molar-refractivity contribution in [2.75, 3.05) is 7.11 Å². The van der Waals surface area contributed by atoms with Crippen LogP contribution < -0.4 is 15.2 Å². The number of nitrogens with zero attached hydrogens (tertiary/aromatic N) is 6. The fraction of sp³-hybridized carbons (Fsp3) is 0.238. The average molecular weight is 460 g/mol. The first-order chi connectivity index (χ1) is 15.7. The Hall–Kier alpha value is -4.09. The van der Waals surface area contributed by atoms with Gasteiger partial charge in [0.1, 0.15) is 18.1 Å². The number of alkyl halides is 3. The smallest absolute Gasteiger partial charge is 0.435 e. The average Bonchev–Trinajstić information content (AvgIpc) is 3.40. The van der Waals surface area contributed by atoms with E-state index in [9.17, 15) is 18.0 Å². The van der Waals surface area contributed by atoms with Crippen LogP contribution in [0.5, 0.6) is 11.5 Å². The fourth-order valence-electron chi connectivity index (χ4n) is 3.26. The van der Waals surface area contributed by atoms with Crippen molar-refractivity contribution in [2.45, 2.75) is 19.7 Å². The number of methoxy groups -OCH3 is 1. The van der Waals surface area contributed by atoms with Gasteiger partial charge in [-0.1, -0.05) is 6.07 Å². The largest absolute Gasteiger partial charge is 0.496 e. The Bertz CT molecular complexity index is 1360. The quantitative estimate of drug-likeness (QED) is 0.440. The molecule has 2 aromatic carbocycles. The number of rotatable bonds is 6. The number of aryl methyl sites for hydroxylation is 2. The number of tetrazole rings is 1. The van der Waals surface area contributed by atoms with E-state index in [2.05, 4.69) is 15.5 Å². The van der Waals surface area contributed by atoms with E-state index >= 15 is 0 Å². The lowest BCUT2D eigenvalue weighted by atomic mass is 10.1. The van der Waals surface area contributed by atoms with E-state index < -0.39 is 17.6 Å². The highest BCUT2D eigenvalue weighted by molar-refractivity contribution is 5.49. The van der Waals surface area contributed by atoms with Crippen molar-refractivity contribution in [1.82, 2.24) is 29.6 Å². The van der Waals surface area contributed by atoms with Gasteiger partial charge in [0, 0.05) is 13.2 Å². The summed E-state index contributed by atoms with van der Waals surface area (Å²) in [6.07, 6.45) is -3.27. The molecule has 0 aliphatic rings. The van der Waals surface area contributed by atoms with Crippen LogP contribution in [0.15, 0.2) is 53.5 Å². The van der Waals surface area contributed by atoms with Crippen LogP contribution in [0, 0.1) is 6.92 Å². The Balaban J connectivity index is 1.61. The first kappa shape index (κ1) is 22.1. The molecule has 0 bridgehead atoms. The van der Waals surface area contributed by atoms with E-state index in [-0.39, 0.29) is 6.61 Å². The maximum Gasteiger partial charge on any atom is 0.435 e. The van der Waals surface area contributed by atoms with Crippen LogP contribution in [-0.2, 0) is 19.8 Å². The molecule has 0 unspecified atom stereocenters. The van der Waals surface area contributed by atoms with Crippen molar-refractivity contribution in [2.24, 2.45) is 7.05 Å². The summed E-state index contributed by atoms with van der Waals surface area (Å²) in [5.41, 5.74) is 0.779. The number of hydrogen-bond acceptors (Lipinski definition) is 6. The monoisotopic (exact) mass is 460 g/mol. The molecule has 0 spiro atoms. The highest BCUT2D eigenvalue weighted by Gasteiger charge is 2.33. The second-order valence-electron chi connectivity index (χ2n) is 7.14. The molecule has 0 aliphatic carbocycles.